The molecule has 0 amide bonds. The Morgan fingerprint density at radius 1 is 1.20 bits per heavy atom. The van der Waals surface area contributed by atoms with Crippen LogP contribution in [0.2, 0.25) is 0 Å². The molecule has 0 atom stereocenters. The molecule has 1 nitrogen and oxygen atoms in total. The van der Waals surface area contributed by atoms with E-state index in [1.807, 2.05) is 35.9 Å². The number of fused-ring (bicyclic) bond motifs is 1. The summed E-state index contributed by atoms with van der Waals surface area (Å²) in [5, 5.41) is 1.21. The predicted octanol–water partition coefficient (Wildman–Crippen LogP) is 1.23. The van der Waals surface area contributed by atoms with Crippen molar-refractivity contribution in [1.29, 1.82) is 0 Å². The third-order valence-electron chi connectivity index (χ3n) is 1.67. The van der Waals surface area contributed by atoms with Gasteiger partial charge in [-0.25, -0.2) is 0 Å². The normalized spacial score (nSPS) is 10.6. The van der Waals surface area contributed by atoms with Crippen LogP contribution < -0.4 is 4.24 Å². The van der Waals surface area contributed by atoms with Gasteiger partial charge in [0.05, 0.1) is 0 Å². The summed E-state index contributed by atoms with van der Waals surface area (Å²) in [5.41, 5.74) is 0.972. The van der Waals surface area contributed by atoms with Crippen LogP contribution in [0.5, 0.6) is 0 Å². The molecule has 1 aromatic heterocycles. The molecule has 0 N–H and O–H groups in total. The Kier molecular flexibility index (Phi) is 1.34. The second-order valence-electron chi connectivity index (χ2n) is 2.41. The first-order chi connectivity index (χ1) is 4.88. The predicted molar refractivity (Wildman–Crippen MR) is 41.6 cm³/mol. The van der Waals surface area contributed by atoms with Crippen LogP contribution in [-0.2, 0) is 0 Å². The zero-order chi connectivity index (χ0) is 6.97. The summed E-state index contributed by atoms with van der Waals surface area (Å²) in [6, 6.07) is 8.03. The molecule has 0 radical (unpaired) electrons. The van der Waals surface area contributed by atoms with Gasteiger partial charge in [-0.05, 0) is 0 Å². The van der Waals surface area contributed by atoms with Gasteiger partial charge in [-0.2, -0.15) is 0 Å². The van der Waals surface area contributed by atoms with Crippen molar-refractivity contribution in [3.63, 3.8) is 0 Å². The maximum absolute atomic E-state index is 5.25. The van der Waals surface area contributed by atoms with Crippen LogP contribution >= 0.6 is 0 Å². The second kappa shape index (κ2) is 2.19. The fourth-order valence-corrected chi connectivity index (χ4v) is 1.11. The molecule has 0 aliphatic carbocycles. The molecular formula is C8H5LiO. The van der Waals surface area contributed by atoms with Crippen LogP contribution in [0.3, 0.4) is 0 Å². The Labute approximate surface area is 68.2 Å². The van der Waals surface area contributed by atoms with E-state index in [0.29, 0.717) is 0 Å². The Balaban J connectivity index is 2.93. The monoisotopic (exact) mass is 124 g/mol. The van der Waals surface area contributed by atoms with Crippen molar-refractivity contribution in [1.82, 2.24) is 0 Å². The molecule has 0 unspecified atom stereocenters. The van der Waals surface area contributed by atoms with Gasteiger partial charge in [-0.1, -0.05) is 0 Å². The number of hydrogen-bond acceptors (Lipinski definition) is 1. The molecule has 1 aromatic carbocycles. The number of hydrogen-bond donors (Lipinski definition) is 0. The van der Waals surface area contributed by atoms with Crippen molar-refractivity contribution in [3.8, 4) is 0 Å². The molecule has 0 spiro atoms. The van der Waals surface area contributed by atoms with Crippen LogP contribution in [0.25, 0.3) is 11.0 Å². The number of benzene rings is 1. The van der Waals surface area contributed by atoms with Gasteiger partial charge >= 0.3 is 67.9 Å². The van der Waals surface area contributed by atoms with Crippen molar-refractivity contribution < 1.29 is 4.42 Å². The molecule has 0 bridgehead atoms. The summed E-state index contributed by atoms with van der Waals surface area (Å²) in [5.74, 6) is 0. The van der Waals surface area contributed by atoms with Gasteiger partial charge in [-0.15, -0.1) is 0 Å². The summed E-state index contributed by atoms with van der Waals surface area (Å²) in [7, 11) is 0. The average Bonchev–Trinajstić information content (AvgIpc) is 2.34. The first-order valence-corrected chi connectivity index (χ1v) is 3.31. The van der Waals surface area contributed by atoms with Crippen molar-refractivity contribution in [2.24, 2.45) is 0 Å². The Morgan fingerprint density at radius 3 is 2.80 bits per heavy atom. The number of furan rings is 1. The molecular weight excluding hydrogens is 119 g/mol. The summed E-state index contributed by atoms with van der Waals surface area (Å²) in [4.78, 5) is 0. The van der Waals surface area contributed by atoms with Crippen LogP contribution in [-0.4, -0.2) is 17.7 Å². The third kappa shape index (κ3) is 0.794. The third-order valence-corrected chi connectivity index (χ3v) is 1.67. The van der Waals surface area contributed by atoms with Gasteiger partial charge in [0.2, 0.25) is 0 Å². The second-order valence-corrected chi connectivity index (χ2v) is 2.41. The van der Waals surface area contributed by atoms with E-state index in [0.717, 1.165) is 5.58 Å². The van der Waals surface area contributed by atoms with Gasteiger partial charge in [0.15, 0.2) is 0 Å². The summed E-state index contributed by atoms with van der Waals surface area (Å²) in [6.07, 6.45) is 1.78. The van der Waals surface area contributed by atoms with Crippen molar-refractivity contribution in [2.75, 3.05) is 0 Å². The van der Waals surface area contributed by atoms with E-state index in [9.17, 15) is 0 Å². The molecule has 0 aliphatic rings. The van der Waals surface area contributed by atoms with Crippen LogP contribution in [0.1, 0.15) is 0 Å². The minimum absolute atomic E-state index is 0.972. The molecule has 0 saturated carbocycles. The molecule has 0 fully saturated rings. The maximum atomic E-state index is 5.25. The molecule has 10 heavy (non-hydrogen) atoms. The van der Waals surface area contributed by atoms with E-state index in [2.05, 4.69) is 6.07 Å². The van der Waals surface area contributed by atoms with Crippen LogP contribution in [0.4, 0.5) is 0 Å². The van der Waals surface area contributed by atoms with E-state index >= 15 is 0 Å². The molecule has 0 aliphatic heterocycles. The molecule has 1 heterocycles. The minimum atomic E-state index is 0.972. The first kappa shape index (κ1) is 6.09. The Hall–Kier alpha value is -0.643. The summed E-state index contributed by atoms with van der Waals surface area (Å²) >= 11 is 2.05. The fourth-order valence-electron chi connectivity index (χ4n) is 1.11. The Morgan fingerprint density at radius 2 is 2.00 bits per heavy atom. The zero-order valence-corrected chi connectivity index (χ0v) is 5.79. The van der Waals surface area contributed by atoms with Gasteiger partial charge < -0.3 is 0 Å². The Bertz CT molecular complexity index is 351. The van der Waals surface area contributed by atoms with E-state index < -0.39 is 0 Å². The number of rotatable bonds is 0. The van der Waals surface area contributed by atoms with Crippen LogP contribution in [0, 0.1) is 0 Å². The van der Waals surface area contributed by atoms with Gasteiger partial charge in [-0.3, -0.25) is 0 Å². The van der Waals surface area contributed by atoms with Crippen molar-refractivity contribution in [2.45, 2.75) is 0 Å². The topological polar surface area (TPSA) is 13.1 Å². The van der Waals surface area contributed by atoms with Crippen LogP contribution in [0.15, 0.2) is 34.9 Å². The van der Waals surface area contributed by atoms with Gasteiger partial charge in [0, 0.05) is 0 Å². The summed E-state index contributed by atoms with van der Waals surface area (Å²) in [6.45, 7) is 0. The fraction of sp³-hybridized carbons (Fsp3) is 0. The van der Waals surface area contributed by atoms with E-state index in [4.69, 9.17) is 4.42 Å². The van der Waals surface area contributed by atoms with Crippen molar-refractivity contribution >= 4 is 32.9 Å². The SMILES string of the molecule is [Li][c]1coc2ccccc12. The van der Waals surface area contributed by atoms with E-state index in [-0.39, 0.29) is 0 Å². The summed E-state index contributed by atoms with van der Waals surface area (Å²) < 4.78 is 6.45. The zero-order valence-electron chi connectivity index (χ0n) is 5.79. The first-order valence-electron chi connectivity index (χ1n) is 3.31. The van der Waals surface area contributed by atoms with Gasteiger partial charge in [0.25, 0.3) is 0 Å². The molecule has 0 saturated heterocycles. The van der Waals surface area contributed by atoms with Gasteiger partial charge in [0.1, 0.15) is 0 Å². The number of para-hydroxylation sites is 1. The molecule has 2 aromatic rings. The standard InChI is InChI=1S/C8H5O.Li/c1-2-4-8-7(3-1)5-6-9-8;/h1-4,6H;. The van der Waals surface area contributed by atoms with E-state index in [1.54, 1.807) is 6.26 Å². The average molecular weight is 124 g/mol. The van der Waals surface area contributed by atoms with E-state index in [1.165, 1.54) is 9.62 Å². The quantitative estimate of drug-likeness (QED) is 0.481. The van der Waals surface area contributed by atoms with Crippen molar-refractivity contribution in [3.05, 3.63) is 30.5 Å². The molecule has 44 valence electrons. The molecule has 2 rings (SSSR count). The molecule has 2 heteroatoms.